The number of hydrogen-bond acceptors (Lipinski definition) is 3. The summed E-state index contributed by atoms with van der Waals surface area (Å²) < 4.78 is 38.9. The number of carbonyl (C=O) groups excluding carboxylic acids is 1. The number of nitrogens with one attached hydrogen (secondary N) is 2. The summed E-state index contributed by atoms with van der Waals surface area (Å²) in [7, 11) is 0. The van der Waals surface area contributed by atoms with Gasteiger partial charge in [0.05, 0.1) is 5.56 Å². The van der Waals surface area contributed by atoms with Crippen molar-refractivity contribution in [1.82, 2.24) is 4.98 Å². The minimum Gasteiger partial charge on any atom is -0.357 e. The molecular formula is C13H10F3N3OS. The van der Waals surface area contributed by atoms with Crippen molar-refractivity contribution in [2.24, 2.45) is 0 Å². The Bertz CT molecular complexity index is 696. The molecule has 0 unspecified atom stereocenters. The summed E-state index contributed by atoms with van der Waals surface area (Å²) in [6, 6.07) is 4.82. The van der Waals surface area contributed by atoms with Crippen LogP contribution in [0.1, 0.15) is 33.4 Å². The van der Waals surface area contributed by atoms with Gasteiger partial charge >= 0.3 is 6.18 Å². The van der Waals surface area contributed by atoms with Crippen molar-refractivity contribution in [2.75, 3.05) is 5.32 Å². The number of aromatic amines is 1. The molecule has 0 saturated carbocycles. The van der Waals surface area contributed by atoms with E-state index in [0.29, 0.717) is 11.3 Å². The number of halogens is 3. The van der Waals surface area contributed by atoms with Crippen molar-refractivity contribution in [3.05, 3.63) is 40.0 Å². The SMILES string of the molecule is CCc1c(C(F)(F)F)sc(NC(=O)c2ccc[nH]2)c1C#N. The van der Waals surface area contributed by atoms with E-state index < -0.39 is 17.0 Å². The van der Waals surface area contributed by atoms with Gasteiger partial charge in [0.2, 0.25) is 0 Å². The van der Waals surface area contributed by atoms with E-state index in [9.17, 15) is 18.0 Å². The molecule has 0 fully saturated rings. The van der Waals surface area contributed by atoms with Crippen LogP contribution in [0.25, 0.3) is 0 Å². The van der Waals surface area contributed by atoms with Gasteiger partial charge in [-0.3, -0.25) is 4.79 Å². The van der Waals surface area contributed by atoms with Crippen molar-refractivity contribution in [3.63, 3.8) is 0 Å². The van der Waals surface area contributed by atoms with E-state index >= 15 is 0 Å². The van der Waals surface area contributed by atoms with E-state index in [-0.39, 0.29) is 28.2 Å². The maximum absolute atomic E-state index is 13.0. The number of anilines is 1. The largest absolute Gasteiger partial charge is 0.425 e. The number of amides is 1. The second-order valence-corrected chi connectivity index (χ2v) is 5.14. The highest BCUT2D eigenvalue weighted by Gasteiger charge is 2.38. The predicted molar refractivity (Wildman–Crippen MR) is 72.2 cm³/mol. The lowest BCUT2D eigenvalue weighted by Gasteiger charge is -2.05. The minimum absolute atomic E-state index is 0.0621. The van der Waals surface area contributed by atoms with Gasteiger partial charge in [0.25, 0.3) is 5.91 Å². The van der Waals surface area contributed by atoms with E-state index in [1.807, 2.05) is 0 Å². The van der Waals surface area contributed by atoms with Crippen LogP contribution in [-0.2, 0) is 12.6 Å². The average Bonchev–Trinajstić information content (AvgIpc) is 3.04. The molecule has 0 aromatic carbocycles. The van der Waals surface area contributed by atoms with Crippen LogP contribution < -0.4 is 5.32 Å². The molecular weight excluding hydrogens is 303 g/mol. The van der Waals surface area contributed by atoms with Crippen molar-refractivity contribution in [2.45, 2.75) is 19.5 Å². The van der Waals surface area contributed by atoms with Crippen LogP contribution in [0.2, 0.25) is 0 Å². The molecule has 2 N–H and O–H groups in total. The fourth-order valence-electron chi connectivity index (χ4n) is 1.88. The van der Waals surface area contributed by atoms with E-state index in [1.165, 1.54) is 19.2 Å². The Morgan fingerprint density at radius 1 is 1.52 bits per heavy atom. The second-order valence-electron chi connectivity index (χ2n) is 4.11. The number of rotatable bonds is 3. The Morgan fingerprint density at radius 3 is 2.71 bits per heavy atom. The van der Waals surface area contributed by atoms with Gasteiger partial charge < -0.3 is 10.3 Å². The molecule has 0 aliphatic carbocycles. The Kier molecular flexibility index (Phi) is 4.04. The van der Waals surface area contributed by atoms with Crippen LogP contribution in [0.15, 0.2) is 18.3 Å². The molecule has 0 aliphatic rings. The van der Waals surface area contributed by atoms with E-state index in [4.69, 9.17) is 5.26 Å². The van der Waals surface area contributed by atoms with Gasteiger partial charge in [0.1, 0.15) is 21.6 Å². The van der Waals surface area contributed by atoms with Gasteiger partial charge in [-0.1, -0.05) is 6.92 Å². The number of hydrogen-bond donors (Lipinski definition) is 2. The molecule has 2 aromatic rings. The number of thiophene rings is 1. The lowest BCUT2D eigenvalue weighted by atomic mass is 10.1. The van der Waals surface area contributed by atoms with Crippen LogP contribution >= 0.6 is 11.3 Å². The Hall–Kier alpha value is -2.27. The van der Waals surface area contributed by atoms with E-state index in [1.54, 1.807) is 12.1 Å². The highest BCUT2D eigenvalue weighted by Crippen LogP contribution is 2.43. The summed E-state index contributed by atoms with van der Waals surface area (Å²) >= 11 is 0.374. The van der Waals surface area contributed by atoms with Crippen LogP contribution in [0, 0.1) is 11.3 Å². The zero-order valence-electron chi connectivity index (χ0n) is 10.8. The van der Waals surface area contributed by atoms with Crippen LogP contribution in [0.5, 0.6) is 0 Å². The number of carbonyl (C=O) groups is 1. The molecule has 0 saturated heterocycles. The van der Waals surface area contributed by atoms with Crippen LogP contribution in [0.4, 0.5) is 18.2 Å². The average molecular weight is 313 g/mol. The molecule has 110 valence electrons. The first-order chi connectivity index (χ1) is 9.88. The maximum Gasteiger partial charge on any atom is 0.425 e. The number of aromatic nitrogens is 1. The summed E-state index contributed by atoms with van der Waals surface area (Å²) in [5.41, 5.74) is -0.00888. The summed E-state index contributed by atoms with van der Waals surface area (Å²) in [5, 5.41) is 11.4. The number of nitrogens with zero attached hydrogens (tertiary/aromatic N) is 1. The first-order valence-electron chi connectivity index (χ1n) is 5.96. The topological polar surface area (TPSA) is 68.7 Å². The summed E-state index contributed by atoms with van der Waals surface area (Å²) in [5.74, 6) is -0.589. The molecule has 21 heavy (non-hydrogen) atoms. The third-order valence-electron chi connectivity index (χ3n) is 2.80. The fourth-order valence-corrected chi connectivity index (χ4v) is 2.98. The minimum atomic E-state index is -4.54. The molecule has 0 bridgehead atoms. The predicted octanol–water partition coefficient (Wildman–Crippen LogP) is 3.78. The number of nitriles is 1. The van der Waals surface area contributed by atoms with Crippen LogP contribution in [0.3, 0.4) is 0 Å². The Balaban J connectivity index is 2.43. The molecule has 0 spiro atoms. The van der Waals surface area contributed by atoms with Crippen molar-refractivity contribution in [1.29, 1.82) is 5.26 Å². The van der Waals surface area contributed by atoms with Gasteiger partial charge in [0, 0.05) is 6.20 Å². The molecule has 2 heterocycles. The second kappa shape index (κ2) is 5.61. The molecule has 0 radical (unpaired) electrons. The fraction of sp³-hybridized carbons (Fsp3) is 0.231. The Morgan fingerprint density at radius 2 is 2.24 bits per heavy atom. The first kappa shape index (κ1) is 15.1. The molecule has 2 rings (SSSR count). The molecule has 0 atom stereocenters. The monoisotopic (exact) mass is 313 g/mol. The highest BCUT2D eigenvalue weighted by molar-refractivity contribution is 7.16. The Labute approximate surface area is 122 Å². The molecule has 1 amide bonds. The summed E-state index contributed by atoms with van der Waals surface area (Å²) in [6.07, 6.45) is -2.96. The van der Waals surface area contributed by atoms with Gasteiger partial charge in [0.15, 0.2) is 0 Å². The van der Waals surface area contributed by atoms with Gasteiger partial charge in [-0.05, 0) is 24.1 Å². The van der Waals surface area contributed by atoms with Crippen LogP contribution in [-0.4, -0.2) is 10.9 Å². The molecule has 2 aromatic heterocycles. The quantitative estimate of drug-likeness (QED) is 0.905. The smallest absolute Gasteiger partial charge is 0.357 e. The van der Waals surface area contributed by atoms with Crippen molar-refractivity contribution < 1.29 is 18.0 Å². The van der Waals surface area contributed by atoms with E-state index in [2.05, 4.69) is 10.3 Å². The molecule has 8 heteroatoms. The first-order valence-corrected chi connectivity index (χ1v) is 6.77. The molecule has 4 nitrogen and oxygen atoms in total. The van der Waals surface area contributed by atoms with Gasteiger partial charge in [-0.2, -0.15) is 18.4 Å². The van der Waals surface area contributed by atoms with Crippen molar-refractivity contribution >= 4 is 22.2 Å². The normalized spacial score (nSPS) is 11.2. The standard InChI is InChI=1S/C13H10F3N3OS/c1-2-7-8(6-17)12(21-10(7)13(14,15)16)19-11(20)9-4-3-5-18-9/h3-5,18H,2H2,1H3,(H,19,20). The maximum atomic E-state index is 13.0. The lowest BCUT2D eigenvalue weighted by Crippen LogP contribution is -2.12. The number of H-pyrrole nitrogens is 1. The highest BCUT2D eigenvalue weighted by atomic mass is 32.1. The van der Waals surface area contributed by atoms with E-state index in [0.717, 1.165) is 0 Å². The van der Waals surface area contributed by atoms with Gasteiger partial charge in [-0.15, -0.1) is 11.3 Å². The zero-order chi connectivity index (χ0) is 15.6. The third-order valence-corrected chi connectivity index (χ3v) is 3.99. The summed E-state index contributed by atoms with van der Waals surface area (Å²) in [6.45, 7) is 1.54. The number of alkyl halides is 3. The lowest BCUT2D eigenvalue weighted by molar-refractivity contribution is -0.134. The summed E-state index contributed by atoms with van der Waals surface area (Å²) in [4.78, 5) is 13.7. The molecule has 0 aliphatic heterocycles. The zero-order valence-corrected chi connectivity index (χ0v) is 11.7. The van der Waals surface area contributed by atoms with Crippen molar-refractivity contribution in [3.8, 4) is 6.07 Å². The third kappa shape index (κ3) is 2.92. The van der Waals surface area contributed by atoms with Gasteiger partial charge in [-0.25, -0.2) is 0 Å².